The van der Waals surface area contributed by atoms with Crippen LogP contribution in [0.5, 0.6) is 0 Å². The maximum Gasteiger partial charge on any atom is 0.143 e. The molecule has 0 aliphatic carbocycles. The number of rotatable bonds is 19. The Balaban J connectivity index is 0.000000129. The second-order valence-corrected chi connectivity index (χ2v) is 34.9. The van der Waals surface area contributed by atoms with Crippen LogP contribution in [0.1, 0.15) is 4.28 Å². The van der Waals surface area contributed by atoms with Gasteiger partial charge in [-0.25, -0.2) is 0 Å². The molecule has 3 heterocycles. The van der Waals surface area contributed by atoms with Crippen molar-refractivity contribution in [2.75, 3.05) is 16.0 Å². The van der Waals surface area contributed by atoms with Crippen LogP contribution >= 0.6 is 0 Å². The minimum absolute atomic E-state index is 0. The number of aromatic nitrogens is 1. The van der Waals surface area contributed by atoms with E-state index in [2.05, 4.69) is 536 Å². The first kappa shape index (κ1) is 83.9. The fraction of sp³-hybridized carbons (Fsp3) is 0. The summed E-state index contributed by atoms with van der Waals surface area (Å²) < 4.78 is 14.6. The first-order valence-corrected chi connectivity index (χ1v) is 46.9. The lowest BCUT2D eigenvalue weighted by molar-refractivity contribution is 0.669. The summed E-state index contributed by atoms with van der Waals surface area (Å²) >= 11 is 0. The van der Waals surface area contributed by atoms with Crippen molar-refractivity contribution in [2.24, 2.45) is 0 Å². The number of nitrogens with zero attached hydrogens (tertiary/aromatic N) is 1. The number of furan rings is 2. The van der Waals surface area contributed by atoms with Crippen molar-refractivity contribution in [3.05, 3.63) is 540 Å². The van der Waals surface area contributed by atoms with Crippen molar-refractivity contribution in [1.29, 1.82) is 0 Å². The molecule has 658 valence electrons. The molecule has 3 aromatic heterocycles. The maximum atomic E-state index is 6.26. The molecule has 0 fully saturated rings. The highest BCUT2D eigenvalue weighted by molar-refractivity contribution is 6.12. The summed E-state index contributed by atoms with van der Waals surface area (Å²) in [5.74, 6) is 0. The van der Waals surface area contributed by atoms with Gasteiger partial charge in [-0.1, -0.05) is 358 Å². The third-order valence-corrected chi connectivity index (χ3v) is 26.1. The van der Waals surface area contributed by atoms with Crippen LogP contribution in [-0.2, 0) is 0 Å². The Bertz CT molecular complexity index is 8440. The standard InChI is InChI=1S/C48H34N2.2C42H29NO.3H2/c1-4-12-34(13-5-1)39-30-40(35-14-6-2-7-15-35)32-41(31-39)37-22-27-43(28-23-37)49-42-25-20-36(21-26-42)38-24-29-48-46(33-38)45-18-10-11-19-47(45)50(48)44-16-8-3-9-17-44;1-3-10-29(11-4-1)33-26-34(30-12-5-2-6-13-30)28-35(27-33)31-18-22-36(23-19-31)43-37-24-20-32(21-25-37)38-15-9-16-40-39-14-7-8-17-41(39)44-42(38)40;1-3-9-29(10-4-1)34-25-35(30-11-5-2-6-12-30)27-36(26-34)32-17-22-38(23-18-32)43-37-20-15-31(16-21-37)33-19-24-42-40(28-33)39-13-7-8-14-41(39)44-42;;;/h1-33,49H;2*1-28,43H;3*1H. The van der Waals surface area contributed by atoms with E-state index in [1.165, 1.54) is 150 Å². The summed E-state index contributed by atoms with van der Waals surface area (Å²) in [6.45, 7) is 0. The molecular weight excluding hydrogens is 1670 g/mol. The second-order valence-electron chi connectivity index (χ2n) is 34.9. The third kappa shape index (κ3) is 17.9. The molecule has 6 heteroatoms. The van der Waals surface area contributed by atoms with E-state index in [0.717, 1.165) is 89.1 Å². The molecule has 0 unspecified atom stereocenters. The highest BCUT2D eigenvalue weighted by Gasteiger charge is 2.19. The molecule has 25 aromatic rings. The van der Waals surface area contributed by atoms with Gasteiger partial charge >= 0.3 is 0 Å². The van der Waals surface area contributed by atoms with Crippen molar-refractivity contribution >= 4 is 99.8 Å². The average Bonchev–Trinajstić information content (AvgIpc) is 1.60. The summed E-state index contributed by atoms with van der Waals surface area (Å²) in [4.78, 5) is 0. The van der Waals surface area contributed by atoms with Crippen molar-refractivity contribution in [1.82, 2.24) is 4.57 Å². The Morgan fingerprint density at radius 1 is 0.145 bits per heavy atom. The number of hydrogen-bond acceptors (Lipinski definition) is 5. The number of anilines is 6. The summed E-state index contributed by atoms with van der Waals surface area (Å²) in [5, 5.41) is 17.9. The van der Waals surface area contributed by atoms with Gasteiger partial charge in [0.25, 0.3) is 0 Å². The monoisotopic (exact) mass is 1770 g/mol. The Hall–Kier alpha value is -18.4. The molecule has 0 saturated heterocycles. The van der Waals surface area contributed by atoms with Gasteiger partial charge in [0, 0.05) is 82.0 Å². The van der Waals surface area contributed by atoms with Crippen LogP contribution in [0, 0.1) is 0 Å². The molecule has 0 bridgehead atoms. The largest absolute Gasteiger partial charge is 0.456 e. The predicted octanol–water partition coefficient (Wildman–Crippen LogP) is 37.9. The fourth-order valence-electron chi connectivity index (χ4n) is 19.0. The number of benzene rings is 22. The highest BCUT2D eigenvalue weighted by atomic mass is 16.3. The smallest absolute Gasteiger partial charge is 0.143 e. The molecule has 138 heavy (non-hydrogen) atoms. The van der Waals surface area contributed by atoms with Crippen LogP contribution in [0.2, 0.25) is 0 Å². The molecule has 3 N–H and O–H groups in total. The first-order chi connectivity index (χ1) is 68.3. The molecule has 0 saturated carbocycles. The van der Waals surface area contributed by atoms with Crippen LogP contribution in [0.25, 0.3) is 205 Å². The van der Waals surface area contributed by atoms with E-state index < -0.39 is 0 Å². The van der Waals surface area contributed by atoms with Crippen LogP contribution in [0.4, 0.5) is 34.1 Å². The lowest BCUT2D eigenvalue weighted by Crippen LogP contribution is -1.93. The zero-order valence-corrected chi connectivity index (χ0v) is 75.6. The average molecular weight is 1770 g/mol. The minimum atomic E-state index is 0. The Morgan fingerprint density at radius 3 is 0.754 bits per heavy atom. The van der Waals surface area contributed by atoms with Gasteiger partial charge in [0.2, 0.25) is 0 Å². The van der Waals surface area contributed by atoms with Gasteiger partial charge in [-0.3, -0.25) is 0 Å². The highest BCUT2D eigenvalue weighted by Crippen LogP contribution is 2.44. The van der Waals surface area contributed by atoms with Crippen molar-refractivity contribution in [2.45, 2.75) is 0 Å². The maximum absolute atomic E-state index is 6.26. The minimum Gasteiger partial charge on any atom is -0.456 e. The Kier molecular flexibility index (Phi) is 23.2. The van der Waals surface area contributed by atoms with E-state index in [9.17, 15) is 0 Å². The molecule has 0 amide bonds. The number of nitrogens with one attached hydrogen (secondary N) is 3. The van der Waals surface area contributed by atoms with E-state index in [4.69, 9.17) is 8.83 Å². The SMILES string of the molecule is [HH].[HH].[HH].c1ccc(-c2cc(-c3ccccc3)cc(-c3ccc(Nc4ccc(-c5ccc6c(c5)c5ccccc5n6-c5ccccc5)cc4)cc3)c2)cc1.c1ccc(-c2cc(-c3ccccc3)cc(-c3ccc(Nc4ccc(-c5ccc6oc7ccccc7c6c5)cc4)cc3)c2)cc1.c1ccc(-c2cc(-c3ccccc3)cc(-c3ccc(Nc4ccc(-c5cccc6c5oc5ccccc56)cc4)cc3)c2)cc1. The molecule has 0 aliphatic rings. The third-order valence-electron chi connectivity index (χ3n) is 26.1. The zero-order valence-electron chi connectivity index (χ0n) is 75.6. The van der Waals surface area contributed by atoms with Crippen LogP contribution < -0.4 is 16.0 Å². The molecule has 22 aromatic carbocycles. The first-order valence-electron chi connectivity index (χ1n) is 46.9. The van der Waals surface area contributed by atoms with E-state index in [-0.39, 0.29) is 4.28 Å². The number of hydrogen-bond donors (Lipinski definition) is 3. The summed E-state index contributed by atoms with van der Waals surface area (Å²) in [5.41, 5.74) is 42.3. The summed E-state index contributed by atoms with van der Waals surface area (Å²) in [6, 6.07) is 191. The molecular formula is C132H98N4O2. The van der Waals surface area contributed by atoms with Gasteiger partial charge < -0.3 is 29.4 Å². The van der Waals surface area contributed by atoms with Crippen LogP contribution in [0.15, 0.2) is 549 Å². The quantitative estimate of drug-likeness (QED) is 0.0753. The zero-order chi connectivity index (χ0) is 91.9. The van der Waals surface area contributed by atoms with Crippen molar-refractivity contribution in [3.63, 3.8) is 0 Å². The summed E-state index contributed by atoms with van der Waals surface area (Å²) in [6.07, 6.45) is 0. The molecule has 0 spiro atoms. The van der Waals surface area contributed by atoms with Crippen molar-refractivity contribution < 1.29 is 13.1 Å². The molecule has 6 nitrogen and oxygen atoms in total. The Labute approximate surface area is 807 Å². The fourth-order valence-corrected chi connectivity index (χ4v) is 19.0. The van der Waals surface area contributed by atoms with E-state index in [1.807, 2.05) is 24.3 Å². The second kappa shape index (κ2) is 38.1. The van der Waals surface area contributed by atoms with Gasteiger partial charge in [0.05, 0.1) is 11.0 Å². The summed E-state index contributed by atoms with van der Waals surface area (Å²) in [7, 11) is 0. The van der Waals surface area contributed by atoms with Crippen LogP contribution in [0.3, 0.4) is 0 Å². The van der Waals surface area contributed by atoms with Gasteiger partial charge in [0.15, 0.2) is 0 Å². The molecule has 0 aliphatic heterocycles. The van der Waals surface area contributed by atoms with E-state index in [1.54, 1.807) is 0 Å². The van der Waals surface area contributed by atoms with Gasteiger partial charge in [-0.15, -0.1) is 0 Å². The lowest BCUT2D eigenvalue weighted by Gasteiger charge is -2.12. The predicted molar refractivity (Wildman–Crippen MR) is 589 cm³/mol. The topological polar surface area (TPSA) is 67.3 Å². The van der Waals surface area contributed by atoms with Crippen LogP contribution in [-0.4, -0.2) is 4.57 Å². The molecule has 25 rings (SSSR count). The van der Waals surface area contributed by atoms with E-state index in [0.29, 0.717) is 0 Å². The van der Waals surface area contributed by atoms with Crippen molar-refractivity contribution in [3.8, 4) is 139 Å². The Morgan fingerprint density at radius 2 is 0.391 bits per heavy atom. The normalized spacial score (nSPS) is 11.2. The lowest BCUT2D eigenvalue weighted by atomic mass is 9.93. The number of para-hydroxylation sites is 5. The molecule has 0 atom stereocenters. The molecule has 0 radical (unpaired) electrons. The van der Waals surface area contributed by atoms with Gasteiger partial charge in [-0.05, 0) is 310 Å². The van der Waals surface area contributed by atoms with E-state index >= 15 is 0 Å². The van der Waals surface area contributed by atoms with Gasteiger partial charge in [-0.2, -0.15) is 0 Å². The number of fused-ring (bicyclic) bond motifs is 9. The van der Waals surface area contributed by atoms with Gasteiger partial charge in [0.1, 0.15) is 22.3 Å².